The van der Waals surface area contributed by atoms with Crippen LogP contribution in [0.4, 0.5) is 0 Å². The van der Waals surface area contributed by atoms with Crippen LogP contribution in [0.15, 0.2) is 35.6 Å². The van der Waals surface area contributed by atoms with Gasteiger partial charge in [-0.1, -0.05) is 75.5 Å². The van der Waals surface area contributed by atoms with Crippen molar-refractivity contribution in [2.24, 2.45) is 39.8 Å². The summed E-state index contributed by atoms with van der Waals surface area (Å²) in [6.07, 6.45) is 16.4. The van der Waals surface area contributed by atoms with Crippen molar-refractivity contribution in [3.63, 3.8) is 0 Å². The van der Waals surface area contributed by atoms with Gasteiger partial charge in [-0.25, -0.2) is 0 Å². The molecule has 2 saturated carbocycles. The van der Waals surface area contributed by atoms with Crippen molar-refractivity contribution in [3.05, 3.63) is 30.6 Å². The Morgan fingerprint density at radius 1 is 0.724 bits per heavy atom. The zero-order chi connectivity index (χ0) is 41.7. The van der Waals surface area contributed by atoms with E-state index >= 15 is 0 Å². The van der Waals surface area contributed by atoms with Crippen molar-refractivity contribution in [1.82, 2.24) is 41.2 Å². The van der Waals surface area contributed by atoms with E-state index in [4.69, 9.17) is 22.9 Å². The molecule has 2 heterocycles. The highest BCUT2D eigenvalue weighted by molar-refractivity contribution is 5.95. The van der Waals surface area contributed by atoms with Crippen LogP contribution in [0.1, 0.15) is 116 Å². The van der Waals surface area contributed by atoms with E-state index in [-0.39, 0.29) is 49.6 Å². The third-order valence-electron chi connectivity index (χ3n) is 11.1. The quantitative estimate of drug-likeness (QED) is 0.0425. The van der Waals surface area contributed by atoms with Gasteiger partial charge >= 0.3 is 0 Å². The summed E-state index contributed by atoms with van der Waals surface area (Å²) in [5.74, 6) is -2.27. The average Bonchev–Trinajstić information content (AvgIpc) is 3.70. The number of amides is 5. The van der Waals surface area contributed by atoms with Crippen molar-refractivity contribution in [3.8, 4) is 11.4 Å². The molecule has 58 heavy (non-hydrogen) atoms. The van der Waals surface area contributed by atoms with Crippen LogP contribution in [0.2, 0.25) is 0 Å². The third kappa shape index (κ3) is 16.0. The Kier molecular flexibility index (Phi) is 19.3. The fourth-order valence-corrected chi connectivity index (χ4v) is 7.86. The van der Waals surface area contributed by atoms with E-state index in [2.05, 4.69) is 41.6 Å². The van der Waals surface area contributed by atoms with Crippen LogP contribution in [-0.4, -0.2) is 92.7 Å². The molecule has 0 radical (unpaired) electrons. The predicted molar refractivity (Wildman–Crippen MR) is 220 cm³/mol. The Morgan fingerprint density at radius 3 is 1.90 bits per heavy atom. The zero-order valence-corrected chi connectivity index (χ0v) is 33.8. The Balaban J connectivity index is 1.49. The lowest BCUT2D eigenvalue weighted by molar-refractivity contribution is -0.135. The molecular formula is C40H65N13O5. The fraction of sp³-hybridized carbons (Fsp3) is 0.675. The number of nitrogens with one attached hydrogen (secondary N) is 4. The Morgan fingerprint density at radius 2 is 1.31 bits per heavy atom. The van der Waals surface area contributed by atoms with Crippen LogP contribution < -0.4 is 44.2 Å². The maximum absolute atomic E-state index is 14.2. The van der Waals surface area contributed by atoms with Crippen molar-refractivity contribution in [2.75, 3.05) is 13.1 Å². The van der Waals surface area contributed by atoms with Crippen molar-refractivity contribution in [2.45, 2.75) is 146 Å². The Hall–Kier alpha value is -5.13. The van der Waals surface area contributed by atoms with Crippen LogP contribution in [0.5, 0.6) is 0 Å². The van der Waals surface area contributed by atoms with Gasteiger partial charge < -0.3 is 44.2 Å². The summed E-state index contributed by atoms with van der Waals surface area (Å²) in [5.41, 5.74) is 23.6. The molecule has 0 aromatic carbocycles. The molecule has 2 fully saturated rings. The SMILES string of the molecule is NCCCC[C@H](NC(=O)[C@H](CC1CCCCC1)NC(=O)[C@@H](CCCN=C(N)N)NC(=O)[C@H](CC1CCCCC1)NC(=O)CCn1cc(-c2ccccn2)nn1)C(N)=O. The van der Waals surface area contributed by atoms with Gasteiger partial charge in [-0.15, -0.1) is 5.10 Å². The summed E-state index contributed by atoms with van der Waals surface area (Å²) >= 11 is 0. The van der Waals surface area contributed by atoms with Crippen molar-refractivity contribution in [1.29, 1.82) is 0 Å². The van der Waals surface area contributed by atoms with Crippen LogP contribution in [0, 0.1) is 11.8 Å². The number of primary amides is 1. The number of hydrogen-bond donors (Lipinski definition) is 8. The van der Waals surface area contributed by atoms with Crippen molar-refractivity contribution >= 4 is 35.5 Å². The minimum Gasteiger partial charge on any atom is -0.370 e. The van der Waals surface area contributed by atoms with Gasteiger partial charge in [-0.3, -0.25) is 38.6 Å². The first-order valence-electron chi connectivity index (χ1n) is 21.1. The largest absolute Gasteiger partial charge is 0.370 e. The van der Waals surface area contributed by atoms with Gasteiger partial charge in [0.05, 0.1) is 18.4 Å². The number of hydrogen-bond acceptors (Lipinski definition) is 10. The third-order valence-corrected chi connectivity index (χ3v) is 11.1. The molecule has 2 aliphatic carbocycles. The summed E-state index contributed by atoms with van der Waals surface area (Å²) in [5, 5.41) is 19.8. The van der Waals surface area contributed by atoms with Crippen LogP contribution >= 0.6 is 0 Å². The van der Waals surface area contributed by atoms with E-state index in [1.807, 2.05) is 18.2 Å². The summed E-state index contributed by atoms with van der Waals surface area (Å²) in [6.45, 7) is 0.884. The molecule has 4 atom stereocenters. The summed E-state index contributed by atoms with van der Waals surface area (Å²) < 4.78 is 1.56. The Bertz CT molecular complexity index is 1620. The van der Waals surface area contributed by atoms with E-state index in [0.29, 0.717) is 56.5 Å². The maximum Gasteiger partial charge on any atom is 0.243 e. The van der Waals surface area contributed by atoms with Gasteiger partial charge in [-0.05, 0) is 75.5 Å². The fourth-order valence-electron chi connectivity index (χ4n) is 7.86. The number of guanidine groups is 1. The molecule has 4 rings (SSSR count). The molecule has 5 amide bonds. The summed E-state index contributed by atoms with van der Waals surface area (Å²) in [6, 6.07) is 1.60. The van der Waals surface area contributed by atoms with E-state index in [1.165, 1.54) is 0 Å². The molecule has 2 aromatic heterocycles. The van der Waals surface area contributed by atoms with E-state index in [1.54, 1.807) is 17.1 Å². The molecule has 0 aliphatic heterocycles. The Labute approximate surface area is 341 Å². The normalized spacial score (nSPS) is 16.9. The van der Waals surface area contributed by atoms with Crippen LogP contribution in [-0.2, 0) is 30.5 Å². The second kappa shape index (κ2) is 24.6. The molecule has 0 spiro atoms. The van der Waals surface area contributed by atoms with E-state index in [0.717, 1.165) is 64.2 Å². The molecule has 2 aromatic rings. The van der Waals surface area contributed by atoms with Gasteiger partial charge in [0.25, 0.3) is 0 Å². The van der Waals surface area contributed by atoms with E-state index in [9.17, 15) is 24.0 Å². The van der Waals surface area contributed by atoms with Gasteiger partial charge in [0.2, 0.25) is 29.5 Å². The van der Waals surface area contributed by atoms with Crippen LogP contribution in [0.3, 0.4) is 0 Å². The molecule has 18 heteroatoms. The average molecular weight is 808 g/mol. The molecule has 18 nitrogen and oxygen atoms in total. The highest BCUT2D eigenvalue weighted by atomic mass is 16.2. The number of aromatic nitrogens is 4. The number of pyridine rings is 1. The number of nitrogens with zero attached hydrogens (tertiary/aromatic N) is 5. The molecule has 0 bridgehead atoms. The maximum atomic E-state index is 14.2. The molecule has 12 N–H and O–H groups in total. The van der Waals surface area contributed by atoms with Gasteiger partial charge in [0, 0.05) is 19.2 Å². The highest BCUT2D eigenvalue weighted by Gasteiger charge is 2.33. The summed E-state index contributed by atoms with van der Waals surface area (Å²) in [4.78, 5) is 76.2. The van der Waals surface area contributed by atoms with Gasteiger partial charge in [-0.2, -0.15) is 0 Å². The standard InChI is InChI=1S/C40H65N13O5/c41-20-9-7-17-30(36(42)55)48-39(58)33(25-28-14-5-2-6-15-28)50-37(56)31(18-11-22-46-40(43)44)49-38(57)32(24-27-12-3-1-4-13-27)47-35(54)19-23-53-26-34(51-52-53)29-16-8-10-21-45-29/h8,10,16,21,26-28,30-33H,1-7,9,11-15,17-20,22-25,41H2,(H2,42,55)(H,47,54)(H,48,58)(H,49,57)(H,50,56)(H4,43,44,46)/t30-,31+,32-,33-/m0/s1. The number of carbonyl (C=O) groups excluding carboxylic acids is 5. The van der Waals surface area contributed by atoms with E-state index < -0.39 is 47.8 Å². The highest BCUT2D eigenvalue weighted by Crippen LogP contribution is 2.29. The van der Waals surface area contributed by atoms with Crippen molar-refractivity contribution < 1.29 is 24.0 Å². The van der Waals surface area contributed by atoms with Gasteiger partial charge in [0.1, 0.15) is 29.9 Å². The first-order chi connectivity index (χ1) is 28.0. The molecule has 0 saturated heterocycles. The molecule has 2 aliphatic rings. The summed E-state index contributed by atoms with van der Waals surface area (Å²) in [7, 11) is 0. The minimum absolute atomic E-state index is 0.0401. The number of aliphatic imine (C=N–C) groups is 1. The number of rotatable bonds is 24. The van der Waals surface area contributed by atoms with Crippen LogP contribution in [0.25, 0.3) is 11.4 Å². The second-order valence-electron chi connectivity index (χ2n) is 15.8. The molecular weight excluding hydrogens is 743 g/mol. The predicted octanol–water partition coefficient (Wildman–Crippen LogP) is 1.28. The first kappa shape index (κ1) is 45.6. The minimum atomic E-state index is -1.08. The molecule has 0 unspecified atom stereocenters. The van der Waals surface area contributed by atoms with Gasteiger partial charge in [0.15, 0.2) is 5.96 Å². The zero-order valence-electron chi connectivity index (χ0n) is 33.8. The lowest BCUT2D eigenvalue weighted by Crippen LogP contribution is -2.58. The number of carbonyl (C=O) groups is 5. The monoisotopic (exact) mass is 808 g/mol. The molecule has 320 valence electrons. The lowest BCUT2D eigenvalue weighted by Gasteiger charge is -2.30. The lowest BCUT2D eigenvalue weighted by atomic mass is 9.84. The number of unbranched alkanes of at least 4 members (excludes halogenated alkanes) is 1. The first-order valence-corrected chi connectivity index (χ1v) is 21.1. The number of aryl methyl sites for hydroxylation is 1. The smallest absolute Gasteiger partial charge is 0.243 e. The second-order valence-corrected chi connectivity index (χ2v) is 15.8. The topological polar surface area (TPSA) is 294 Å². The number of nitrogens with two attached hydrogens (primary N) is 4.